The zero-order valence-corrected chi connectivity index (χ0v) is 11.3. The summed E-state index contributed by atoms with van der Waals surface area (Å²) >= 11 is 0. The van der Waals surface area contributed by atoms with Gasteiger partial charge in [-0.3, -0.25) is 9.78 Å². The molecule has 110 valence electrons. The number of pyridine rings is 1. The highest BCUT2D eigenvalue weighted by atomic mass is 19.4. The quantitative estimate of drug-likeness (QED) is 0.617. The van der Waals surface area contributed by atoms with Crippen molar-refractivity contribution in [1.29, 1.82) is 0 Å². The van der Waals surface area contributed by atoms with Gasteiger partial charge in [-0.2, -0.15) is 13.2 Å². The maximum absolute atomic E-state index is 13.2. The molecule has 0 spiro atoms. The second-order valence-corrected chi connectivity index (χ2v) is 4.61. The van der Waals surface area contributed by atoms with E-state index in [1.807, 2.05) is 0 Å². The molecule has 0 bridgehead atoms. The molecule has 0 aliphatic rings. The van der Waals surface area contributed by atoms with Crippen molar-refractivity contribution >= 4 is 5.78 Å². The van der Waals surface area contributed by atoms with Gasteiger partial charge in [0.05, 0.1) is 5.56 Å². The zero-order chi connectivity index (χ0) is 15.8. The number of benzene rings is 1. The van der Waals surface area contributed by atoms with Crippen molar-refractivity contribution in [1.82, 2.24) is 4.98 Å². The van der Waals surface area contributed by atoms with Gasteiger partial charge in [0.15, 0.2) is 5.78 Å². The zero-order valence-electron chi connectivity index (χ0n) is 11.3. The fourth-order valence-electron chi connectivity index (χ4n) is 1.97. The molecule has 0 unspecified atom stereocenters. The molecule has 0 aliphatic heterocycles. The van der Waals surface area contributed by atoms with Crippen molar-refractivity contribution in [3.63, 3.8) is 0 Å². The van der Waals surface area contributed by atoms with E-state index in [1.165, 1.54) is 6.07 Å². The van der Waals surface area contributed by atoms with Gasteiger partial charge in [0.1, 0.15) is 5.82 Å². The van der Waals surface area contributed by atoms with Gasteiger partial charge in [-0.15, -0.1) is 0 Å². The third-order valence-electron chi connectivity index (χ3n) is 3.00. The van der Waals surface area contributed by atoms with Crippen LogP contribution in [-0.2, 0) is 6.18 Å². The van der Waals surface area contributed by atoms with Crippen molar-refractivity contribution in [2.45, 2.75) is 20.0 Å². The number of halogens is 4. The molecule has 0 saturated carbocycles. The predicted molar refractivity (Wildman–Crippen MR) is 68.5 cm³/mol. The number of rotatable bonds is 2. The van der Waals surface area contributed by atoms with Crippen LogP contribution in [0.25, 0.3) is 0 Å². The summed E-state index contributed by atoms with van der Waals surface area (Å²) in [4.78, 5) is 16.3. The molecule has 21 heavy (non-hydrogen) atoms. The number of ketones is 1. The maximum atomic E-state index is 13.2. The van der Waals surface area contributed by atoms with E-state index in [4.69, 9.17) is 0 Å². The van der Waals surface area contributed by atoms with E-state index in [-0.39, 0.29) is 11.1 Å². The van der Waals surface area contributed by atoms with E-state index in [1.54, 1.807) is 19.9 Å². The summed E-state index contributed by atoms with van der Waals surface area (Å²) in [7, 11) is 0. The van der Waals surface area contributed by atoms with Gasteiger partial charge in [0.25, 0.3) is 0 Å². The van der Waals surface area contributed by atoms with E-state index >= 15 is 0 Å². The van der Waals surface area contributed by atoms with Crippen LogP contribution in [0.5, 0.6) is 0 Å². The lowest BCUT2D eigenvalue weighted by Crippen LogP contribution is -2.12. The van der Waals surface area contributed by atoms with Crippen LogP contribution in [0.15, 0.2) is 30.3 Å². The Kier molecular flexibility index (Phi) is 3.80. The fraction of sp³-hybridized carbons (Fsp3) is 0.200. The van der Waals surface area contributed by atoms with Crippen LogP contribution < -0.4 is 0 Å². The molecule has 0 radical (unpaired) electrons. The molecule has 1 aromatic carbocycles. The highest BCUT2D eigenvalue weighted by Crippen LogP contribution is 2.32. The van der Waals surface area contributed by atoms with Crippen LogP contribution in [0.4, 0.5) is 17.6 Å². The Morgan fingerprint density at radius 1 is 1.10 bits per heavy atom. The van der Waals surface area contributed by atoms with Crippen molar-refractivity contribution in [2.24, 2.45) is 0 Å². The first-order chi connectivity index (χ1) is 9.70. The van der Waals surface area contributed by atoms with Crippen LogP contribution in [0.1, 0.15) is 32.9 Å². The summed E-state index contributed by atoms with van der Waals surface area (Å²) in [6, 6.07) is 5.29. The lowest BCUT2D eigenvalue weighted by atomic mass is 9.99. The maximum Gasteiger partial charge on any atom is 0.419 e. The van der Waals surface area contributed by atoms with Crippen LogP contribution in [0.2, 0.25) is 0 Å². The SMILES string of the molecule is Cc1ccc(C(=O)c2ccc(F)c(C(F)(F)F)c2)c(C)n1. The van der Waals surface area contributed by atoms with Gasteiger partial charge < -0.3 is 0 Å². The number of carbonyl (C=O) groups is 1. The summed E-state index contributed by atoms with van der Waals surface area (Å²) in [6.45, 7) is 3.33. The molecule has 1 heterocycles. The molecule has 0 atom stereocenters. The first kappa shape index (κ1) is 15.2. The molecule has 2 rings (SSSR count). The third-order valence-corrected chi connectivity index (χ3v) is 3.00. The second kappa shape index (κ2) is 5.27. The first-order valence-electron chi connectivity index (χ1n) is 6.06. The molecule has 0 aliphatic carbocycles. The van der Waals surface area contributed by atoms with E-state index in [9.17, 15) is 22.4 Å². The minimum absolute atomic E-state index is 0.195. The molecule has 1 aromatic heterocycles. The molecule has 2 nitrogen and oxygen atoms in total. The highest BCUT2D eigenvalue weighted by Gasteiger charge is 2.34. The Balaban J connectivity index is 2.49. The van der Waals surface area contributed by atoms with Crippen molar-refractivity contribution in [3.05, 3.63) is 64.2 Å². The van der Waals surface area contributed by atoms with Gasteiger partial charge in [-0.1, -0.05) is 0 Å². The van der Waals surface area contributed by atoms with Gasteiger partial charge >= 0.3 is 6.18 Å². The molecule has 2 aromatic rings. The normalized spacial score (nSPS) is 11.5. The Morgan fingerprint density at radius 3 is 2.33 bits per heavy atom. The number of aryl methyl sites for hydroxylation is 2. The fourth-order valence-corrected chi connectivity index (χ4v) is 1.97. The van der Waals surface area contributed by atoms with Crippen LogP contribution in [0, 0.1) is 19.7 Å². The number of hydrogen-bond acceptors (Lipinski definition) is 2. The number of aromatic nitrogens is 1. The van der Waals surface area contributed by atoms with E-state index in [0.29, 0.717) is 23.5 Å². The van der Waals surface area contributed by atoms with E-state index in [2.05, 4.69) is 4.98 Å². The van der Waals surface area contributed by atoms with E-state index in [0.717, 1.165) is 6.07 Å². The molecule has 6 heteroatoms. The lowest BCUT2D eigenvalue weighted by Gasteiger charge is -2.10. The average Bonchev–Trinajstić information content (AvgIpc) is 2.37. The smallest absolute Gasteiger partial charge is 0.289 e. The minimum Gasteiger partial charge on any atom is -0.289 e. The lowest BCUT2D eigenvalue weighted by molar-refractivity contribution is -0.140. The summed E-state index contributed by atoms with van der Waals surface area (Å²) in [5.41, 5.74) is -0.374. The summed E-state index contributed by atoms with van der Waals surface area (Å²) in [5.74, 6) is -2.02. The summed E-state index contributed by atoms with van der Waals surface area (Å²) in [5, 5.41) is 0. The predicted octanol–water partition coefficient (Wildman–Crippen LogP) is 4.09. The monoisotopic (exact) mass is 297 g/mol. The number of nitrogens with zero attached hydrogens (tertiary/aromatic N) is 1. The Hall–Kier alpha value is -2.24. The van der Waals surface area contributed by atoms with Crippen LogP contribution >= 0.6 is 0 Å². The number of alkyl halides is 3. The van der Waals surface area contributed by atoms with E-state index < -0.39 is 23.3 Å². The molecular formula is C15H11F4NO. The Morgan fingerprint density at radius 2 is 1.76 bits per heavy atom. The van der Waals surface area contributed by atoms with Crippen molar-refractivity contribution < 1.29 is 22.4 Å². The average molecular weight is 297 g/mol. The minimum atomic E-state index is -4.85. The topological polar surface area (TPSA) is 30.0 Å². The van der Waals surface area contributed by atoms with Gasteiger partial charge in [0.2, 0.25) is 0 Å². The largest absolute Gasteiger partial charge is 0.419 e. The van der Waals surface area contributed by atoms with Gasteiger partial charge in [-0.05, 0) is 44.2 Å². The molecule has 0 fully saturated rings. The number of hydrogen-bond donors (Lipinski definition) is 0. The van der Waals surface area contributed by atoms with Gasteiger partial charge in [0, 0.05) is 22.5 Å². The Bertz CT molecular complexity index is 707. The first-order valence-corrected chi connectivity index (χ1v) is 6.06. The Labute approximate surface area is 118 Å². The second-order valence-electron chi connectivity index (χ2n) is 4.61. The third kappa shape index (κ3) is 3.09. The molecule has 0 saturated heterocycles. The molecule has 0 amide bonds. The number of carbonyl (C=O) groups excluding carboxylic acids is 1. The van der Waals surface area contributed by atoms with Crippen LogP contribution in [0.3, 0.4) is 0 Å². The summed E-state index contributed by atoms with van der Waals surface area (Å²) in [6.07, 6.45) is -4.85. The summed E-state index contributed by atoms with van der Waals surface area (Å²) < 4.78 is 51.2. The van der Waals surface area contributed by atoms with Gasteiger partial charge in [-0.25, -0.2) is 4.39 Å². The van der Waals surface area contributed by atoms with Crippen LogP contribution in [-0.4, -0.2) is 10.8 Å². The standard InChI is InChI=1S/C15H11F4NO/c1-8-3-5-11(9(2)20-8)14(21)10-4-6-13(16)12(7-10)15(17,18)19/h3-7H,1-2H3. The molecular weight excluding hydrogens is 286 g/mol. The molecule has 0 N–H and O–H groups in total. The highest BCUT2D eigenvalue weighted by molar-refractivity contribution is 6.09. The van der Waals surface area contributed by atoms with Crippen molar-refractivity contribution in [2.75, 3.05) is 0 Å². The van der Waals surface area contributed by atoms with Crippen molar-refractivity contribution in [3.8, 4) is 0 Å².